The average molecular weight is 220 g/mol. The highest BCUT2D eigenvalue weighted by Crippen LogP contribution is 2.13. The van der Waals surface area contributed by atoms with Crippen LogP contribution in [0.2, 0.25) is 0 Å². The predicted octanol–water partition coefficient (Wildman–Crippen LogP) is 2.45. The van der Waals surface area contributed by atoms with Gasteiger partial charge in [-0.1, -0.05) is 13.3 Å². The van der Waals surface area contributed by atoms with Crippen molar-refractivity contribution in [2.45, 2.75) is 26.7 Å². The summed E-state index contributed by atoms with van der Waals surface area (Å²) in [5.74, 6) is 0.0452. The van der Waals surface area contributed by atoms with Crippen LogP contribution in [-0.4, -0.2) is 24.4 Å². The van der Waals surface area contributed by atoms with E-state index in [1.165, 1.54) is 0 Å². The summed E-state index contributed by atoms with van der Waals surface area (Å²) in [6, 6.07) is 5.47. The zero-order valence-corrected chi connectivity index (χ0v) is 10.3. The standard InChI is InChI=1S/C13H20N2O/c1-4-5-6-15(3)13(16)11-7-10(2)8-12(14)9-11/h7-9H,4-6,14H2,1-3H3. The van der Waals surface area contributed by atoms with Crippen LogP contribution in [0.3, 0.4) is 0 Å². The van der Waals surface area contributed by atoms with E-state index >= 15 is 0 Å². The Morgan fingerprint density at radius 3 is 2.62 bits per heavy atom. The minimum atomic E-state index is 0.0452. The van der Waals surface area contributed by atoms with Gasteiger partial charge in [-0.05, 0) is 37.1 Å². The van der Waals surface area contributed by atoms with Gasteiger partial charge in [0.25, 0.3) is 5.91 Å². The largest absolute Gasteiger partial charge is 0.399 e. The lowest BCUT2D eigenvalue weighted by Gasteiger charge is -2.17. The lowest BCUT2D eigenvalue weighted by atomic mass is 10.1. The first-order chi connectivity index (χ1) is 7.54. The van der Waals surface area contributed by atoms with E-state index in [1.807, 2.05) is 26.1 Å². The summed E-state index contributed by atoms with van der Waals surface area (Å²) < 4.78 is 0. The molecule has 1 aromatic rings. The molecule has 0 aromatic heterocycles. The molecule has 0 radical (unpaired) electrons. The van der Waals surface area contributed by atoms with Crippen molar-refractivity contribution >= 4 is 11.6 Å². The molecule has 16 heavy (non-hydrogen) atoms. The van der Waals surface area contributed by atoms with Gasteiger partial charge in [-0.25, -0.2) is 0 Å². The smallest absolute Gasteiger partial charge is 0.253 e. The minimum absolute atomic E-state index is 0.0452. The highest BCUT2D eigenvalue weighted by atomic mass is 16.2. The molecule has 1 amide bonds. The van der Waals surface area contributed by atoms with Crippen LogP contribution in [0.1, 0.15) is 35.7 Å². The maximum absolute atomic E-state index is 12.0. The van der Waals surface area contributed by atoms with Gasteiger partial charge in [-0.15, -0.1) is 0 Å². The summed E-state index contributed by atoms with van der Waals surface area (Å²) in [5, 5.41) is 0. The number of nitrogen functional groups attached to an aromatic ring is 1. The van der Waals surface area contributed by atoms with E-state index in [2.05, 4.69) is 6.92 Å². The first-order valence-electron chi connectivity index (χ1n) is 5.67. The third-order valence-corrected chi connectivity index (χ3v) is 2.54. The number of hydrogen-bond acceptors (Lipinski definition) is 2. The Morgan fingerprint density at radius 1 is 1.38 bits per heavy atom. The Labute approximate surface area is 97.2 Å². The van der Waals surface area contributed by atoms with Crippen molar-refractivity contribution in [1.29, 1.82) is 0 Å². The Balaban J connectivity index is 2.79. The number of nitrogens with zero attached hydrogens (tertiary/aromatic N) is 1. The van der Waals surface area contributed by atoms with Crippen molar-refractivity contribution in [2.24, 2.45) is 0 Å². The average Bonchev–Trinajstić information content (AvgIpc) is 2.23. The summed E-state index contributed by atoms with van der Waals surface area (Å²) >= 11 is 0. The SMILES string of the molecule is CCCCN(C)C(=O)c1cc(C)cc(N)c1. The van der Waals surface area contributed by atoms with Gasteiger partial charge in [0, 0.05) is 24.8 Å². The topological polar surface area (TPSA) is 46.3 Å². The van der Waals surface area contributed by atoms with Crippen molar-refractivity contribution in [2.75, 3.05) is 19.3 Å². The second-order valence-electron chi connectivity index (χ2n) is 4.21. The summed E-state index contributed by atoms with van der Waals surface area (Å²) in [7, 11) is 1.83. The molecule has 0 bridgehead atoms. The van der Waals surface area contributed by atoms with Gasteiger partial charge in [0.05, 0.1) is 0 Å². The molecule has 1 aromatic carbocycles. The Kier molecular flexibility index (Phi) is 4.35. The second-order valence-corrected chi connectivity index (χ2v) is 4.21. The Morgan fingerprint density at radius 2 is 2.06 bits per heavy atom. The summed E-state index contributed by atoms with van der Waals surface area (Å²) in [4.78, 5) is 13.8. The van der Waals surface area contributed by atoms with Crippen molar-refractivity contribution in [3.63, 3.8) is 0 Å². The van der Waals surface area contributed by atoms with Gasteiger partial charge in [0.1, 0.15) is 0 Å². The van der Waals surface area contributed by atoms with Crippen LogP contribution >= 0.6 is 0 Å². The maximum atomic E-state index is 12.0. The van der Waals surface area contributed by atoms with E-state index in [4.69, 9.17) is 5.73 Å². The molecule has 0 saturated carbocycles. The lowest BCUT2D eigenvalue weighted by molar-refractivity contribution is 0.0793. The van der Waals surface area contributed by atoms with Crippen LogP contribution in [0.4, 0.5) is 5.69 Å². The first-order valence-corrected chi connectivity index (χ1v) is 5.67. The van der Waals surface area contributed by atoms with E-state index in [0.29, 0.717) is 11.3 Å². The van der Waals surface area contributed by atoms with Gasteiger partial charge in [-0.2, -0.15) is 0 Å². The van der Waals surface area contributed by atoms with E-state index in [1.54, 1.807) is 11.0 Å². The summed E-state index contributed by atoms with van der Waals surface area (Å²) in [6.45, 7) is 4.85. The molecule has 0 heterocycles. The van der Waals surface area contributed by atoms with E-state index < -0.39 is 0 Å². The molecule has 0 unspecified atom stereocenters. The molecular formula is C13H20N2O. The molecule has 0 fully saturated rings. The summed E-state index contributed by atoms with van der Waals surface area (Å²) in [5.41, 5.74) is 8.07. The van der Waals surface area contributed by atoms with Crippen LogP contribution in [0.5, 0.6) is 0 Å². The van der Waals surface area contributed by atoms with Crippen LogP contribution in [-0.2, 0) is 0 Å². The monoisotopic (exact) mass is 220 g/mol. The number of aryl methyl sites for hydroxylation is 1. The van der Waals surface area contributed by atoms with E-state index in [-0.39, 0.29) is 5.91 Å². The van der Waals surface area contributed by atoms with Crippen LogP contribution in [0.25, 0.3) is 0 Å². The van der Waals surface area contributed by atoms with Crippen LogP contribution < -0.4 is 5.73 Å². The number of anilines is 1. The lowest BCUT2D eigenvalue weighted by Crippen LogP contribution is -2.27. The molecule has 0 aliphatic carbocycles. The molecule has 0 saturated heterocycles. The fourth-order valence-corrected chi connectivity index (χ4v) is 1.65. The highest BCUT2D eigenvalue weighted by molar-refractivity contribution is 5.95. The molecule has 0 spiro atoms. The minimum Gasteiger partial charge on any atom is -0.399 e. The summed E-state index contributed by atoms with van der Waals surface area (Å²) in [6.07, 6.45) is 2.12. The molecule has 1 rings (SSSR count). The zero-order chi connectivity index (χ0) is 12.1. The fraction of sp³-hybridized carbons (Fsp3) is 0.462. The number of carbonyl (C=O) groups excluding carboxylic acids is 1. The van der Waals surface area contributed by atoms with Gasteiger partial charge in [0.15, 0.2) is 0 Å². The molecule has 88 valence electrons. The molecule has 3 heteroatoms. The molecule has 2 N–H and O–H groups in total. The third-order valence-electron chi connectivity index (χ3n) is 2.54. The molecule has 0 aliphatic heterocycles. The molecule has 0 aliphatic rings. The quantitative estimate of drug-likeness (QED) is 0.792. The normalized spacial score (nSPS) is 10.2. The van der Waals surface area contributed by atoms with Gasteiger partial charge in [-0.3, -0.25) is 4.79 Å². The Hall–Kier alpha value is -1.51. The number of nitrogens with two attached hydrogens (primary N) is 1. The van der Waals surface area contributed by atoms with Gasteiger partial charge >= 0.3 is 0 Å². The zero-order valence-electron chi connectivity index (χ0n) is 10.3. The van der Waals surface area contributed by atoms with Crippen molar-refractivity contribution in [3.8, 4) is 0 Å². The van der Waals surface area contributed by atoms with Crippen molar-refractivity contribution in [3.05, 3.63) is 29.3 Å². The molecule has 0 atom stereocenters. The molecular weight excluding hydrogens is 200 g/mol. The maximum Gasteiger partial charge on any atom is 0.253 e. The van der Waals surface area contributed by atoms with Crippen molar-refractivity contribution in [1.82, 2.24) is 4.90 Å². The van der Waals surface area contributed by atoms with Crippen molar-refractivity contribution < 1.29 is 4.79 Å². The number of hydrogen-bond donors (Lipinski definition) is 1. The number of amides is 1. The number of benzene rings is 1. The van der Waals surface area contributed by atoms with Gasteiger partial charge < -0.3 is 10.6 Å². The fourth-order valence-electron chi connectivity index (χ4n) is 1.65. The Bertz CT molecular complexity index is 354. The number of unbranched alkanes of at least 4 members (excludes halogenated alkanes) is 1. The number of carbonyl (C=O) groups is 1. The second kappa shape index (κ2) is 5.54. The third kappa shape index (κ3) is 3.26. The highest BCUT2D eigenvalue weighted by Gasteiger charge is 2.11. The van der Waals surface area contributed by atoms with E-state index in [9.17, 15) is 4.79 Å². The molecule has 3 nitrogen and oxygen atoms in total. The first kappa shape index (κ1) is 12.6. The van der Waals surface area contributed by atoms with Crippen LogP contribution in [0.15, 0.2) is 18.2 Å². The van der Waals surface area contributed by atoms with E-state index in [0.717, 1.165) is 24.9 Å². The van der Waals surface area contributed by atoms with Gasteiger partial charge in [0.2, 0.25) is 0 Å². The van der Waals surface area contributed by atoms with Crippen LogP contribution in [0, 0.1) is 6.92 Å². The number of rotatable bonds is 4. The predicted molar refractivity (Wildman–Crippen MR) is 67.5 cm³/mol.